The Morgan fingerprint density at radius 1 is 1.38 bits per heavy atom. The molecular formula is C9H14O4. The van der Waals surface area contributed by atoms with Crippen molar-refractivity contribution in [3.05, 3.63) is 12.2 Å². The van der Waals surface area contributed by atoms with Gasteiger partial charge < -0.3 is 9.47 Å². The van der Waals surface area contributed by atoms with Crippen molar-refractivity contribution in [1.29, 1.82) is 0 Å². The molecule has 0 amide bonds. The molecule has 0 heterocycles. The molecule has 0 aliphatic rings. The highest BCUT2D eigenvalue weighted by molar-refractivity contribution is 5.69. The van der Waals surface area contributed by atoms with Crippen molar-refractivity contribution in [3.63, 3.8) is 0 Å². The zero-order valence-electron chi connectivity index (χ0n) is 7.69. The fraction of sp³-hybridized carbons (Fsp3) is 0.556. The summed E-state index contributed by atoms with van der Waals surface area (Å²) in [6, 6.07) is 0. The lowest BCUT2D eigenvalue weighted by Gasteiger charge is -1.97. The molecule has 74 valence electrons. The summed E-state index contributed by atoms with van der Waals surface area (Å²) in [7, 11) is 0. The Balaban J connectivity index is 3.27. The second-order valence-corrected chi connectivity index (χ2v) is 2.24. The average Bonchev–Trinajstić information content (AvgIpc) is 2.11. The molecule has 0 aliphatic carbocycles. The highest BCUT2D eigenvalue weighted by atomic mass is 16.5. The number of carbonyl (C=O) groups excluding carboxylic acids is 2. The van der Waals surface area contributed by atoms with Crippen molar-refractivity contribution in [2.24, 2.45) is 0 Å². The van der Waals surface area contributed by atoms with E-state index in [0.717, 1.165) is 0 Å². The van der Waals surface area contributed by atoms with Crippen molar-refractivity contribution in [3.8, 4) is 0 Å². The van der Waals surface area contributed by atoms with Gasteiger partial charge >= 0.3 is 5.97 Å². The zero-order valence-corrected chi connectivity index (χ0v) is 7.69. The fourth-order valence-electron chi connectivity index (χ4n) is 0.715. The van der Waals surface area contributed by atoms with Gasteiger partial charge in [-0.2, -0.15) is 0 Å². The molecule has 0 saturated carbocycles. The Bertz CT molecular complexity index is 174. The van der Waals surface area contributed by atoms with Crippen LogP contribution in [-0.2, 0) is 19.1 Å². The first-order valence-electron chi connectivity index (χ1n) is 4.17. The van der Waals surface area contributed by atoms with E-state index >= 15 is 0 Å². The van der Waals surface area contributed by atoms with E-state index in [1.54, 1.807) is 19.1 Å². The minimum atomic E-state index is -0.205. The standard InChI is InChI=1S/C9H14O4/c1-2-13-9(11)6-4-3-5-7-12-8-10/h3,5,8H,2,4,6-7H2,1H3. The number of carbonyl (C=O) groups is 2. The number of allylic oxidation sites excluding steroid dienone is 1. The van der Waals surface area contributed by atoms with Crippen molar-refractivity contribution in [2.45, 2.75) is 19.8 Å². The topological polar surface area (TPSA) is 52.6 Å². The van der Waals surface area contributed by atoms with E-state index in [0.29, 0.717) is 25.9 Å². The Hall–Kier alpha value is -1.32. The molecule has 0 saturated heterocycles. The van der Waals surface area contributed by atoms with Gasteiger partial charge in [-0.1, -0.05) is 12.2 Å². The van der Waals surface area contributed by atoms with Gasteiger partial charge in [-0.15, -0.1) is 0 Å². The molecule has 0 aromatic carbocycles. The molecule has 0 atom stereocenters. The lowest BCUT2D eigenvalue weighted by Crippen LogP contribution is -2.02. The second-order valence-electron chi connectivity index (χ2n) is 2.24. The van der Waals surface area contributed by atoms with Gasteiger partial charge in [0.2, 0.25) is 0 Å². The Labute approximate surface area is 77.5 Å². The van der Waals surface area contributed by atoms with Crippen LogP contribution in [0.25, 0.3) is 0 Å². The minimum Gasteiger partial charge on any atom is -0.466 e. The van der Waals surface area contributed by atoms with E-state index in [4.69, 9.17) is 4.74 Å². The van der Waals surface area contributed by atoms with Gasteiger partial charge in [0.05, 0.1) is 6.61 Å². The summed E-state index contributed by atoms with van der Waals surface area (Å²) < 4.78 is 9.11. The molecular weight excluding hydrogens is 172 g/mol. The van der Waals surface area contributed by atoms with Crippen LogP contribution in [-0.4, -0.2) is 25.7 Å². The number of hydrogen-bond donors (Lipinski definition) is 0. The number of rotatable bonds is 7. The summed E-state index contributed by atoms with van der Waals surface area (Å²) in [5, 5.41) is 0. The molecule has 0 unspecified atom stereocenters. The molecule has 0 rings (SSSR count). The predicted octanol–water partition coefficient (Wildman–Crippen LogP) is 1.06. The molecule has 0 bridgehead atoms. The number of esters is 1. The van der Waals surface area contributed by atoms with Crippen molar-refractivity contribution in [1.82, 2.24) is 0 Å². The maximum absolute atomic E-state index is 10.8. The van der Waals surface area contributed by atoms with E-state index in [2.05, 4.69) is 4.74 Å². The third-order valence-electron chi connectivity index (χ3n) is 1.25. The molecule has 4 nitrogen and oxygen atoms in total. The maximum Gasteiger partial charge on any atom is 0.306 e. The Morgan fingerprint density at radius 3 is 2.77 bits per heavy atom. The minimum absolute atomic E-state index is 0.205. The van der Waals surface area contributed by atoms with Crippen LogP contribution in [0.4, 0.5) is 0 Å². The third-order valence-corrected chi connectivity index (χ3v) is 1.25. The first-order chi connectivity index (χ1) is 6.31. The largest absolute Gasteiger partial charge is 0.466 e. The van der Waals surface area contributed by atoms with Gasteiger partial charge in [0.1, 0.15) is 6.61 Å². The van der Waals surface area contributed by atoms with Crippen molar-refractivity contribution < 1.29 is 19.1 Å². The molecule has 0 aromatic rings. The number of ether oxygens (including phenoxy) is 2. The van der Waals surface area contributed by atoms with E-state index in [9.17, 15) is 9.59 Å². The maximum atomic E-state index is 10.8. The smallest absolute Gasteiger partial charge is 0.306 e. The molecule has 0 fully saturated rings. The summed E-state index contributed by atoms with van der Waals surface area (Å²) in [6.45, 7) is 2.82. The van der Waals surface area contributed by atoms with Gasteiger partial charge in [0, 0.05) is 6.42 Å². The summed E-state index contributed by atoms with van der Waals surface area (Å²) in [5.74, 6) is -0.205. The van der Waals surface area contributed by atoms with Gasteiger partial charge in [-0.25, -0.2) is 0 Å². The number of hydrogen-bond acceptors (Lipinski definition) is 4. The molecule has 0 radical (unpaired) electrons. The van der Waals surface area contributed by atoms with Crippen LogP contribution < -0.4 is 0 Å². The van der Waals surface area contributed by atoms with Crippen molar-refractivity contribution >= 4 is 12.4 Å². The Kier molecular flexibility index (Phi) is 7.88. The first kappa shape index (κ1) is 11.7. The van der Waals surface area contributed by atoms with Crippen LogP contribution >= 0.6 is 0 Å². The van der Waals surface area contributed by atoms with Crippen molar-refractivity contribution in [2.75, 3.05) is 13.2 Å². The van der Waals surface area contributed by atoms with E-state index < -0.39 is 0 Å². The van der Waals surface area contributed by atoms with Gasteiger partial charge in [0.15, 0.2) is 0 Å². The molecule has 0 N–H and O–H groups in total. The molecule has 4 heteroatoms. The SMILES string of the molecule is CCOC(=O)CCC=CCOC=O. The van der Waals surface area contributed by atoms with Crippen LogP contribution in [0, 0.1) is 0 Å². The van der Waals surface area contributed by atoms with Crippen LogP contribution in [0.15, 0.2) is 12.2 Å². The predicted molar refractivity (Wildman–Crippen MR) is 47.0 cm³/mol. The van der Waals surface area contributed by atoms with Gasteiger partial charge in [-0.05, 0) is 13.3 Å². The molecule has 0 aliphatic heterocycles. The first-order valence-corrected chi connectivity index (χ1v) is 4.17. The quantitative estimate of drug-likeness (QED) is 0.258. The summed E-state index contributed by atoms with van der Waals surface area (Å²) in [6.07, 6.45) is 4.44. The van der Waals surface area contributed by atoms with E-state index in [1.807, 2.05) is 0 Å². The van der Waals surface area contributed by atoms with Crippen LogP contribution in [0.3, 0.4) is 0 Å². The normalized spacial score (nSPS) is 9.92. The summed E-state index contributed by atoms with van der Waals surface area (Å²) in [5.41, 5.74) is 0. The van der Waals surface area contributed by atoms with E-state index in [-0.39, 0.29) is 12.6 Å². The lowest BCUT2D eigenvalue weighted by atomic mass is 10.3. The van der Waals surface area contributed by atoms with Crippen LogP contribution in [0.2, 0.25) is 0 Å². The zero-order chi connectivity index (χ0) is 9.94. The fourth-order valence-corrected chi connectivity index (χ4v) is 0.715. The summed E-state index contributed by atoms with van der Waals surface area (Å²) in [4.78, 5) is 20.5. The van der Waals surface area contributed by atoms with Gasteiger partial charge in [0.25, 0.3) is 6.47 Å². The molecule has 0 spiro atoms. The second kappa shape index (κ2) is 8.77. The third kappa shape index (κ3) is 8.59. The average molecular weight is 186 g/mol. The summed E-state index contributed by atoms with van der Waals surface area (Å²) >= 11 is 0. The lowest BCUT2D eigenvalue weighted by molar-refractivity contribution is -0.143. The Morgan fingerprint density at radius 2 is 2.15 bits per heavy atom. The molecule has 13 heavy (non-hydrogen) atoms. The van der Waals surface area contributed by atoms with Crippen LogP contribution in [0.5, 0.6) is 0 Å². The molecule has 0 aromatic heterocycles. The highest BCUT2D eigenvalue weighted by Crippen LogP contribution is 1.94. The monoisotopic (exact) mass is 186 g/mol. The van der Waals surface area contributed by atoms with E-state index in [1.165, 1.54) is 0 Å². The van der Waals surface area contributed by atoms with Gasteiger partial charge in [-0.3, -0.25) is 9.59 Å². The van der Waals surface area contributed by atoms with Crippen LogP contribution in [0.1, 0.15) is 19.8 Å². The highest BCUT2D eigenvalue weighted by Gasteiger charge is 1.97.